The lowest BCUT2D eigenvalue weighted by Crippen LogP contribution is -3.28. The summed E-state index contributed by atoms with van der Waals surface area (Å²) in [6.07, 6.45) is -0.525. The fourth-order valence-electron chi connectivity index (χ4n) is 5.94. The molecule has 3 N–H and O–H groups in total. The Morgan fingerprint density at radius 2 is 1.55 bits per heavy atom. The second kappa shape index (κ2) is 11.2. The SMILES string of the molecule is Cc1cc(OC[C@@H](O)C[NH+]2CC[NH+](CCN3C(=O)c4cccc5cccc(c45)C3=O)CC2)ccc1C(C)C. The van der Waals surface area contributed by atoms with Crippen LogP contribution in [-0.2, 0) is 0 Å². The van der Waals surface area contributed by atoms with Crippen molar-refractivity contribution in [2.45, 2.75) is 32.8 Å². The van der Waals surface area contributed by atoms with Gasteiger partial charge >= 0.3 is 0 Å². The molecule has 0 radical (unpaired) electrons. The molecule has 3 aromatic carbocycles. The van der Waals surface area contributed by atoms with Crippen LogP contribution in [0.15, 0.2) is 54.6 Å². The number of benzene rings is 3. The fourth-order valence-corrected chi connectivity index (χ4v) is 5.94. The second-order valence-corrected chi connectivity index (χ2v) is 11.1. The molecule has 200 valence electrons. The number of imide groups is 1. The van der Waals surface area contributed by atoms with Gasteiger partial charge in [0.25, 0.3) is 11.8 Å². The van der Waals surface area contributed by atoms with Crippen LogP contribution in [0.2, 0.25) is 0 Å². The molecule has 0 unspecified atom stereocenters. The molecule has 0 spiro atoms. The summed E-state index contributed by atoms with van der Waals surface area (Å²) in [7, 11) is 0. The maximum atomic E-state index is 13.1. The van der Waals surface area contributed by atoms with Gasteiger partial charge in [0.1, 0.15) is 51.2 Å². The van der Waals surface area contributed by atoms with Crippen LogP contribution < -0.4 is 14.5 Å². The Morgan fingerprint density at radius 1 is 0.921 bits per heavy atom. The zero-order chi connectivity index (χ0) is 26.8. The monoisotopic (exact) mass is 517 g/mol. The highest BCUT2D eigenvalue weighted by atomic mass is 16.5. The van der Waals surface area contributed by atoms with E-state index in [1.165, 1.54) is 25.8 Å². The molecular formula is C31H39N3O4+2. The Morgan fingerprint density at radius 3 is 2.16 bits per heavy atom. The number of hydrogen-bond acceptors (Lipinski definition) is 4. The summed E-state index contributed by atoms with van der Waals surface area (Å²) in [5.74, 6) is 0.891. The highest BCUT2D eigenvalue weighted by Gasteiger charge is 2.34. The van der Waals surface area contributed by atoms with E-state index in [1.807, 2.05) is 48.5 Å². The van der Waals surface area contributed by atoms with Crippen molar-refractivity contribution in [1.82, 2.24) is 4.90 Å². The van der Waals surface area contributed by atoms with Gasteiger partial charge in [0.2, 0.25) is 0 Å². The van der Waals surface area contributed by atoms with E-state index >= 15 is 0 Å². The molecular weight excluding hydrogens is 478 g/mol. The minimum atomic E-state index is -0.525. The predicted molar refractivity (Wildman–Crippen MR) is 147 cm³/mol. The van der Waals surface area contributed by atoms with Gasteiger partial charge in [-0.3, -0.25) is 14.5 Å². The van der Waals surface area contributed by atoms with Crippen molar-refractivity contribution in [3.63, 3.8) is 0 Å². The number of aliphatic hydroxyl groups is 1. The number of carbonyl (C=O) groups is 2. The van der Waals surface area contributed by atoms with E-state index in [-0.39, 0.29) is 18.4 Å². The van der Waals surface area contributed by atoms with Crippen LogP contribution in [0.25, 0.3) is 10.8 Å². The lowest BCUT2D eigenvalue weighted by atomic mass is 9.94. The number of ether oxygens (including phenoxy) is 1. The number of aliphatic hydroxyl groups excluding tert-OH is 1. The first-order chi connectivity index (χ1) is 18.3. The molecule has 2 aliphatic rings. The number of quaternary nitrogens is 2. The standard InChI is InChI=1S/C31H37N3O4/c1-21(2)26-11-10-25(18-22(26)3)38-20-24(35)19-33-14-12-32(13-15-33)16-17-34-30(36)27-8-4-6-23-7-5-9-28(29(23)27)31(34)37/h4-11,18,21,24,35H,12-17,19-20H2,1-3H3/p+2/t24-/m0/s1. The molecule has 0 saturated carbocycles. The number of nitrogens with one attached hydrogen (secondary N) is 2. The van der Waals surface area contributed by atoms with Gasteiger partial charge in [-0.15, -0.1) is 0 Å². The van der Waals surface area contributed by atoms with Gasteiger partial charge < -0.3 is 19.6 Å². The number of carbonyl (C=O) groups excluding carboxylic acids is 2. The molecule has 2 aliphatic heterocycles. The molecule has 1 fully saturated rings. The van der Waals surface area contributed by atoms with E-state index in [0.29, 0.717) is 30.1 Å². The summed E-state index contributed by atoms with van der Waals surface area (Å²) in [5, 5.41) is 12.3. The third kappa shape index (κ3) is 5.46. The van der Waals surface area contributed by atoms with Gasteiger partial charge in [0.15, 0.2) is 0 Å². The number of nitrogens with zero attached hydrogens (tertiary/aromatic N) is 1. The Balaban J connectivity index is 1.08. The smallest absolute Gasteiger partial charge is 0.261 e. The van der Waals surface area contributed by atoms with Crippen molar-refractivity contribution >= 4 is 22.6 Å². The molecule has 3 aromatic rings. The number of piperazine rings is 1. The fraction of sp³-hybridized carbons (Fsp3) is 0.419. The van der Waals surface area contributed by atoms with Crippen LogP contribution in [0.5, 0.6) is 5.75 Å². The van der Waals surface area contributed by atoms with Gasteiger partial charge in [-0.25, -0.2) is 0 Å². The van der Waals surface area contributed by atoms with Crippen LogP contribution in [0.4, 0.5) is 0 Å². The number of hydrogen-bond donors (Lipinski definition) is 3. The van der Waals surface area contributed by atoms with Crippen molar-refractivity contribution in [2.24, 2.45) is 0 Å². The first-order valence-electron chi connectivity index (χ1n) is 13.8. The molecule has 2 amide bonds. The van der Waals surface area contributed by atoms with Crippen LogP contribution in [-0.4, -0.2) is 80.3 Å². The van der Waals surface area contributed by atoms with Crippen molar-refractivity contribution in [1.29, 1.82) is 0 Å². The van der Waals surface area contributed by atoms with E-state index in [0.717, 1.165) is 49.2 Å². The molecule has 0 aromatic heterocycles. The first kappa shape index (κ1) is 26.4. The average molecular weight is 518 g/mol. The Bertz CT molecular complexity index is 1280. The molecule has 0 bridgehead atoms. The number of rotatable bonds is 9. The van der Waals surface area contributed by atoms with Crippen LogP contribution in [0.1, 0.15) is 51.6 Å². The molecule has 7 nitrogen and oxygen atoms in total. The molecule has 1 saturated heterocycles. The summed E-state index contributed by atoms with van der Waals surface area (Å²) >= 11 is 0. The predicted octanol–water partition coefficient (Wildman–Crippen LogP) is 1.09. The number of aryl methyl sites for hydroxylation is 1. The van der Waals surface area contributed by atoms with E-state index in [4.69, 9.17) is 4.74 Å². The van der Waals surface area contributed by atoms with Gasteiger partial charge in [0, 0.05) is 16.5 Å². The molecule has 7 heteroatoms. The van der Waals surface area contributed by atoms with Gasteiger partial charge in [-0.1, -0.05) is 44.2 Å². The normalized spacial score (nSPS) is 20.3. The zero-order valence-corrected chi connectivity index (χ0v) is 22.6. The van der Waals surface area contributed by atoms with Crippen molar-refractivity contribution in [3.8, 4) is 5.75 Å². The minimum absolute atomic E-state index is 0.194. The summed E-state index contributed by atoms with van der Waals surface area (Å²) in [6.45, 7) is 12.3. The number of amides is 2. The highest BCUT2D eigenvalue weighted by Crippen LogP contribution is 2.29. The molecule has 5 rings (SSSR count). The maximum Gasteiger partial charge on any atom is 0.261 e. The van der Waals surface area contributed by atoms with Crippen LogP contribution in [0, 0.1) is 6.92 Å². The third-order valence-corrected chi connectivity index (χ3v) is 8.04. The lowest BCUT2D eigenvalue weighted by molar-refractivity contribution is -1.01. The van der Waals surface area contributed by atoms with Crippen LogP contribution >= 0.6 is 0 Å². The molecule has 2 heterocycles. The van der Waals surface area contributed by atoms with E-state index < -0.39 is 6.10 Å². The topological polar surface area (TPSA) is 75.7 Å². The third-order valence-electron chi connectivity index (χ3n) is 8.04. The first-order valence-corrected chi connectivity index (χ1v) is 13.8. The summed E-state index contributed by atoms with van der Waals surface area (Å²) in [4.78, 5) is 30.4. The van der Waals surface area contributed by atoms with Gasteiger partial charge in [0.05, 0.1) is 13.1 Å². The Hall–Kier alpha value is -3.26. The Kier molecular flexibility index (Phi) is 7.79. The van der Waals surface area contributed by atoms with E-state index in [2.05, 4.69) is 26.8 Å². The van der Waals surface area contributed by atoms with Crippen molar-refractivity contribution in [3.05, 3.63) is 76.9 Å². The molecule has 1 atom stereocenters. The van der Waals surface area contributed by atoms with Crippen molar-refractivity contribution < 1.29 is 29.2 Å². The molecule has 0 aliphatic carbocycles. The largest absolute Gasteiger partial charge is 0.491 e. The van der Waals surface area contributed by atoms with Gasteiger partial charge in [-0.05, 0) is 53.6 Å². The second-order valence-electron chi connectivity index (χ2n) is 11.1. The average Bonchev–Trinajstić information content (AvgIpc) is 2.91. The van der Waals surface area contributed by atoms with E-state index in [9.17, 15) is 14.7 Å². The summed E-state index contributed by atoms with van der Waals surface area (Å²) in [6, 6.07) is 17.4. The van der Waals surface area contributed by atoms with Crippen molar-refractivity contribution in [2.75, 3.05) is 52.4 Å². The minimum Gasteiger partial charge on any atom is -0.491 e. The summed E-state index contributed by atoms with van der Waals surface area (Å²) < 4.78 is 5.88. The zero-order valence-electron chi connectivity index (χ0n) is 22.6. The maximum absolute atomic E-state index is 13.1. The van der Waals surface area contributed by atoms with Gasteiger partial charge in [-0.2, -0.15) is 0 Å². The quantitative estimate of drug-likeness (QED) is 0.372. The van der Waals surface area contributed by atoms with E-state index in [1.54, 1.807) is 0 Å². The lowest BCUT2D eigenvalue weighted by Gasteiger charge is -2.32. The highest BCUT2D eigenvalue weighted by molar-refractivity contribution is 6.25. The molecule has 38 heavy (non-hydrogen) atoms. The summed E-state index contributed by atoms with van der Waals surface area (Å²) in [5.41, 5.74) is 3.76. The Labute approximate surface area is 224 Å². The van der Waals surface area contributed by atoms with Crippen LogP contribution in [0.3, 0.4) is 0 Å².